The van der Waals surface area contributed by atoms with Crippen molar-refractivity contribution in [3.8, 4) is 0 Å². The average molecular weight is 337 g/mol. The average Bonchev–Trinajstić information content (AvgIpc) is 2.86. The fourth-order valence-corrected chi connectivity index (χ4v) is 2.82. The third-order valence-electron chi connectivity index (χ3n) is 3.43. The van der Waals surface area contributed by atoms with Crippen molar-refractivity contribution in [2.75, 3.05) is 24.7 Å². The molecule has 0 aliphatic carbocycles. The van der Waals surface area contributed by atoms with E-state index in [4.69, 9.17) is 10.5 Å². The van der Waals surface area contributed by atoms with Gasteiger partial charge >= 0.3 is 0 Å². The molecule has 7 nitrogen and oxygen atoms in total. The summed E-state index contributed by atoms with van der Waals surface area (Å²) < 4.78 is 5.06. The summed E-state index contributed by atoms with van der Waals surface area (Å²) in [6, 6.07) is 7.01. The minimum Gasteiger partial charge on any atom is -0.380 e. The summed E-state index contributed by atoms with van der Waals surface area (Å²) in [4.78, 5) is 36.2. The lowest BCUT2D eigenvalue weighted by atomic mass is 10.2. The molecule has 0 aromatic heterocycles. The van der Waals surface area contributed by atoms with Crippen LogP contribution in [0.25, 0.3) is 0 Å². The molecule has 124 valence electrons. The quantitative estimate of drug-likeness (QED) is 0.775. The summed E-state index contributed by atoms with van der Waals surface area (Å²) in [6.45, 7) is 0.524. The maximum atomic E-state index is 11.8. The molecule has 0 bridgehead atoms. The van der Waals surface area contributed by atoms with E-state index in [9.17, 15) is 14.4 Å². The van der Waals surface area contributed by atoms with Crippen LogP contribution in [0.1, 0.15) is 12.0 Å². The van der Waals surface area contributed by atoms with Gasteiger partial charge in [-0.15, -0.1) is 0 Å². The van der Waals surface area contributed by atoms with Gasteiger partial charge in [-0.05, 0) is 17.7 Å². The minimum absolute atomic E-state index is 0.176. The molecule has 1 atom stereocenters. The van der Waals surface area contributed by atoms with Crippen molar-refractivity contribution in [3.05, 3.63) is 29.8 Å². The molecular weight excluding hydrogens is 318 g/mol. The summed E-state index contributed by atoms with van der Waals surface area (Å²) in [5.41, 5.74) is 6.94. The van der Waals surface area contributed by atoms with Gasteiger partial charge in [0.1, 0.15) is 0 Å². The van der Waals surface area contributed by atoms with Crippen molar-refractivity contribution in [3.63, 3.8) is 0 Å². The van der Waals surface area contributed by atoms with Crippen molar-refractivity contribution >= 4 is 34.5 Å². The van der Waals surface area contributed by atoms with Crippen LogP contribution in [-0.4, -0.2) is 47.5 Å². The van der Waals surface area contributed by atoms with Crippen LogP contribution >= 0.6 is 11.8 Å². The van der Waals surface area contributed by atoms with Gasteiger partial charge in [0.2, 0.25) is 11.8 Å². The summed E-state index contributed by atoms with van der Waals surface area (Å²) in [7, 11) is 1.51. The molecule has 1 aromatic rings. The van der Waals surface area contributed by atoms with E-state index in [1.165, 1.54) is 12.0 Å². The predicted octanol–water partition coefficient (Wildman–Crippen LogP) is 1.18. The highest BCUT2D eigenvalue weighted by atomic mass is 32.2. The van der Waals surface area contributed by atoms with Gasteiger partial charge in [0.05, 0.1) is 24.8 Å². The van der Waals surface area contributed by atoms with Crippen molar-refractivity contribution < 1.29 is 19.1 Å². The van der Waals surface area contributed by atoms with Gasteiger partial charge in [0.25, 0.3) is 5.24 Å². The van der Waals surface area contributed by atoms with Crippen LogP contribution in [0.3, 0.4) is 0 Å². The molecule has 23 heavy (non-hydrogen) atoms. The molecule has 0 saturated carbocycles. The largest absolute Gasteiger partial charge is 0.380 e. The fourth-order valence-electron chi connectivity index (χ4n) is 2.09. The molecule has 2 rings (SSSR count). The van der Waals surface area contributed by atoms with Crippen molar-refractivity contribution in [2.24, 2.45) is 5.73 Å². The van der Waals surface area contributed by atoms with Crippen LogP contribution < -0.4 is 11.1 Å². The van der Waals surface area contributed by atoms with Crippen molar-refractivity contribution in [2.45, 2.75) is 19.1 Å². The van der Waals surface area contributed by atoms with Crippen LogP contribution in [0.15, 0.2) is 24.3 Å². The lowest BCUT2D eigenvalue weighted by Gasteiger charge is -2.14. The Morgan fingerprint density at radius 2 is 2.09 bits per heavy atom. The first-order valence-corrected chi connectivity index (χ1v) is 8.10. The summed E-state index contributed by atoms with van der Waals surface area (Å²) in [6.07, 6.45) is -0.123. The van der Waals surface area contributed by atoms with E-state index >= 15 is 0 Å². The number of nitrogens with one attached hydrogen (secondary N) is 1. The van der Waals surface area contributed by atoms with Crippen LogP contribution in [0, 0.1) is 0 Å². The minimum atomic E-state index is -0.307. The van der Waals surface area contributed by atoms with E-state index in [0.717, 1.165) is 17.3 Å². The second kappa shape index (κ2) is 8.09. The molecule has 1 unspecified atom stereocenters. The number of hydrogen-bond donors (Lipinski definition) is 2. The first-order chi connectivity index (χ1) is 11.0. The Hall–Kier alpha value is -1.90. The van der Waals surface area contributed by atoms with Gasteiger partial charge in [-0.3, -0.25) is 19.3 Å². The Morgan fingerprint density at radius 3 is 2.61 bits per heavy atom. The Kier molecular flexibility index (Phi) is 6.14. The van der Waals surface area contributed by atoms with Crippen LogP contribution in [-0.2, 0) is 20.9 Å². The van der Waals surface area contributed by atoms with E-state index in [-0.39, 0.29) is 48.4 Å². The number of nitrogens with two attached hydrogens (primary N) is 1. The second-order valence-corrected chi connectivity index (χ2v) is 6.00. The molecule has 1 aromatic carbocycles. The first kappa shape index (κ1) is 17.5. The van der Waals surface area contributed by atoms with Crippen LogP contribution in [0.2, 0.25) is 0 Å². The zero-order chi connectivity index (χ0) is 16.8. The SMILES string of the molecule is COC(CN)CC(=O)Nc1ccc(CN2C(=O)CSC2=O)cc1. The number of carbonyl (C=O) groups excluding carboxylic acids is 3. The lowest BCUT2D eigenvalue weighted by molar-refractivity contribution is -0.125. The van der Waals surface area contributed by atoms with Gasteiger partial charge in [-0.1, -0.05) is 23.9 Å². The maximum absolute atomic E-state index is 11.8. The first-order valence-electron chi connectivity index (χ1n) is 7.12. The molecule has 0 radical (unpaired) electrons. The third-order valence-corrected chi connectivity index (χ3v) is 4.29. The zero-order valence-electron chi connectivity index (χ0n) is 12.8. The number of imide groups is 1. The molecule has 1 aliphatic heterocycles. The monoisotopic (exact) mass is 337 g/mol. The number of thioether (sulfide) groups is 1. The van der Waals surface area contributed by atoms with E-state index in [2.05, 4.69) is 5.32 Å². The standard InChI is InChI=1S/C15H19N3O4S/c1-22-12(7-16)6-13(19)17-11-4-2-10(3-5-11)8-18-14(20)9-23-15(18)21/h2-5,12H,6-9,16H2,1H3,(H,17,19). The lowest BCUT2D eigenvalue weighted by Crippen LogP contribution is -2.28. The van der Waals surface area contributed by atoms with Crippen LogP contribution in [0.4, 0.5) is 10.5 Å². The Labute approximate surface area is 138 Å². The number of rotatable bonds is 7. The molecule has 3 N–H and O–H groups in total. The topological polar surface area (TPSA) is 102 Å². The number of methoxy groups -OCH3 is 1. The predicted molar refractivity (Wildman–Crippen MR) is 87.9 cm³/mol. The second-order valence-electron chi connectivity index (χ2n) is 5.08. The number of ether oxygens (including phenoxy) is 1. The Balaban J connectivity index is 1.90. The summed E-state index contributed by atoms with van der Waals surface area (Å²) >= 11 is 1.01. The Morgan fingerprint density at radius 1 is 1.39 bits per heavy atom. The van der Waals surface area contributed by atoms with Crippen molar-refractivity contribution in [1.29, 1.82) is 0 Å². The maximum Gasteiger partial charge on any atom is 0.289 e. The molecule has 1 aliphatic rings. The molecule has 0 spiro atoms. The Bertz CT molecular complexity index is 571. The normalized spacial score (nSPS) is 15.8. The number of hydrogen-bond acceptors (Lipinski definition) is 6. The van der Waals surface area contributed by atoms with E-state index in [0.29, 0.717) is 5.69 Å². The third kappa shape index (κ3) is 4.78. The molecular formula is C15H19N3O4S. The van der Waals surface area contributed by atoms with Gasteiger partial charge in [-0.25, -0.2) is 0 Å². The van der Waals surface area contributed by atoms with Crippen LogP contribution in [0.5, 0.6) is 0 Å². The fraction of sp³-hybridized carbons (Fsp3) is 0.400. The number of benzene rings is 1. The van der Waals surface area contributed by atoms with Gasteiger partial charge in [0.15, 0.2) is 0 Å². The number of nitrogens with zero attached hydrogens (tertiary/aromatic N) is 1. The number of anilines is 1. The highest BCUT2D eigenvalue weighted by Crippen LogP contribution is 2.21. The molecule has 1 saturated heterocycles. The van der Waals surface area contributed by atoms with E-state index in [1.807, 2.05) is 0 Å². The van der Waals surface area contributed by atoms with Gasteiger partial charge in [-0.2, -0.15) is 0 Å². The van der Waals surface area contributed by atoms with Gasteiger partial charge < -0.3 is 15.8 Å². The zero-order valence-corrected chi connectivity index (χ0v) is 13.6. The highest BCUT2D eigenvalue weighted by Gasteiger charge is 2.29. The van der Waals surface area contributed by atoms with Crippen molar-refractivity contribution in [1.82, 2.24) is 4.90 Å². The number of carbonyl (C=O) groups is 3. The van der Waals surface area contributed by atoms with Gasteiger partial charge in [0, 0.05) is 19.3 Å². The smallest absolute Gasteiger partial charge is 0.289 e. The molecule has 8 heteroatoms. The summed E-state index contributed by atoms with van der Waals surface area (Å²) in [5.74, 6) is -0.157. The molecule has 3 amide bonds. The van der Waals surface area contributed by atoms with E-state index < -0.39 is 0 Å². The highest BCUT2D eigenvalue weighted by molar-refractivity contribution is 8.14. The number of amides is 3. The molecule has 1 heterocycles. The molecule has 1 fully saturated rings. The summed E-state index contributed by atoms with van der Waals surface area (Å²) in [5, 5.41) is 2.53. The van der Waals surface area contributed by atoms with E-state index in [1.54, 1.807) is 24.3 Å².